The fourth-order valence-corrected chi connectivity index (χ4v) is 3.72. The number of pyridine rings is 1. The molecule has 2 aromatic carbocycles. The number of aromatic nitrogens is 1. The predicted molar refractivity (Wildman–Crippen MR) is 118 cm³/mol. The van der Waals surface area contributed by atoms with E-state index in [0.29, 0.717) is 12.0 Å². The number of hydrogen-bond donors (Lipinski definition) is 2. The third kappa shape index (κ3) is 4.37. The third-order valence-electron chi connectivity index (χ3n) is 5.18. The first-order chi connectivity index (χ1) is 15.5. The number of benzene rings is 2. The summed E-state index contributed by atoms with van der Waals surface area (Å²) in [5.41, 5.74) is 3.58. The minimum atomic E-state index is -0.780. The molecule has 1 aromatic heterocycles. The minimum Gasteiger partial charge on any atom is -0.449 e. The molecular formula is C24H19N3O5. The molecular weight excluding hydrogens is 410 g/mol. The summed E-state index contributed by atoms with van der Waals surface area (Å²) in [5, 5.41) is 13.4. The van der Waals surface area contributed by atoms with E-state index in [1.807, 2.05) is 24.3 Å². The number of nitrogens with one attached hydrogen (secondary N) is 2. The summed E-state index contributed by atoms with van der Waals surface area (Å²) in [6.45, 7) is 0.488. The molecule has 1 heterocycles. The van der Waals surface area contributed by atoms with Gasteiger partial charge in [-0.3, -0.25) is 14.9 Å². The van der Waals surface area contributed by atoms with Crippen molar-refractivity contribution in [2.45, 2.75) is 12.3 Å². The molecule has 4 rings (SSSR count). The standard InChI is InChI=1S/C24H19N3O5/c28-23-22(27(30)31)13-16(14-26-23)7-5-6-12-25-24(29)32-15-21-19-10-3-1-8-17(19)18-9-2-4-11-20(18)21/h1-4,8-11,13-14,21H,6,12,15H2,(H,25,29)(H,26,28). The lowest BCUT2D eigenvalue weighted by atomic mass is 9.98. The van der Waals surface area contributed by atoms with E-state index in [0.717, 1.165) is 28.3 Å². The summed E-state index contributed by atoms with van der Waals surface area (Å²) in [6.07, 6.45) is 1.09. The topological polar surface area (TPSA) is 114 Å². The van der Waals surface area contributed by atoms with Crippen LogP contribution in [0.1, 0.15) is 29.0 Å². The molecule has 0 aliphatic heterocycles. The van der Waals surface area contributed by atoms with Crippen LogP contribution in [-0.2, 0) is 4.74 Å². The zero-order valence-electron chi connectivity index (χ0n) is 17.0. The Labute approximate surface area is 183 Å². The predicted octanol–water partition coefficient (Wildman–Crippen LogP) is 3.56. The molecule has 0 fully saturated rings. The molecule has 3 aromatic rings. The fraction of sp³-hybridized carbons (Fsp3) is 0.167. The molecule has 160 valence electrons. The summed E-state index contributed by atoms with van der Waals surface area (Å²) in [7, 11) is 0. The van der Waals surface area contributed by atoms with Crippen LogP contribution in [0.2, 0.25) is 0 Å². The summed E-state index contributed by atoms with van der Waals surface area (Å²) < 4.78 is 5.45. The molecule has 8 heteroatoms. The first kappa shape index (κ1) is 20.9. The summed E-state index contributed by atoms with van der Waals surface area (Å²) >= 11 is 0. The Morgan fingerprint density at radius 1 is 1.12 bits per heavy atom. The second kappa shape index (κ2) is 9.18. The van der Waals surface area contributed by atoms with Crippen molar-refractivity contribution in [1.82, 2.24) is 10.3 Å². The van der Waals surface area contributed by atoms with Crippen LogP contribution in [0.25, 0.3) is 11.1 Å². The highest BCUT2D eigenvalue weighted by Gasteiger charge is 2.28. The quantitative estimate of drug-likeness (QED) is 0.279. The Balaban J connectivity index is 1.29. The highest BCUT2D eigenvalue weighted by atomic mass is 16.6. The summed E-state index contributed by atoms with van der Waals surface area (Å²) in [4.78, 5) is 35.8. The molecule has 0 saturated carbocycles. The Kier molecular flexibility index (Phi) is 5.99. The van der Waals surface area contributed by atoms with Gasteiger partial charge in [0.25, 0.3) is 0 Å². The molecule has 0 atom stereocenters. The lowest BCUT2D eigenvalue weighted by molar-refractivity contribution is -0.386. The zero-order chi connectivity index (χ0) is 22.5. The van der Waals surface area contributed by atoms with Gasteiger partial charge >= 0.3 is 17.3 Å². The van der Waals surface area contributed by atoms with Crippen LogP contribution in [0.3, 0.4) is 0 Å². The molecule has 0 radical (unpaired) electrons. The van der Waals surface area contributed by atoms with Crippen molar-refractivity contribution in [3.8, 4) is 23.0 Å². The van der Waals surface area contributed by atoms with Crippen molar-refractivity contribution < 1.29 is 14.5 Å². The maximum absolute atomic E-state index is 12.1. The fourth-order valence-electron chi connectivity index (χ4n) is 3.72. The monoisotopic (exact) mass is 429 g/mol. The lowest BCUT2D eigenvalue weighted by Crippen LogP contribution is -2.26. The zero-order valence-corrected chi connectivity index (χ0v) is 17.0. The lowest BCUT2D eigenvalue weighted by Gasteiger charge is -2.14. The van der Waals surface area contributed by atoms with E-state index in [2.05, 4.69) is 46.4 Å². The molecule has 0 spiro atoms. The number of nitro groups is 1. The number of amides is 1. The van der Waals surface area contributed by atoms with E-state index >= 15 is 0 Å². The largest absolute Gasteiger partial charge is 0.449 e. The molecule has 1 amide bonds. The van der Waals surface area contributed by atoms with Gasteiger partial charge in [0.1, 0.15) is 6.61 Å². The van der Waals surface area contributed by atoms with Crippen LogP contribution in [0.4, 0.5) is 10.5 Å². The Morgan fingerprint density at radius 2 is 1.78 bits per heavy atom. The van der Waals surface area contributed by atoms with Gasteiger partial charge < -0.3 is 15.0 Å². The second-order valence-corrected chi connectivity index (χ2v) is 7.16. The van der Waals surface area contributed by atoms with Gasteiger partial charge in [0.2, 0.25) is 0 Å². The number of nitrogens with zero attached hydrogens (tertiary/aromatic N) is 1. The van der Waals surface area contributed by atoms with Crippen LogP contribution in [0, 0.1) is 22.0 Å². The third-order valence-corrected chi connectivity index (χ3v) is 5.18. The molecule has 0 bridgehead atoms. The minimum absolute atomic E-state index is 0.0102. The van der Waals surface area contributed by atoms with Gasteiger partial charge in [0.15, 0.2) is 0 Å². The highest BCUT2D eigenvalue weighted by molar-refractivity contribution is 5.79. The highest BCUT2D eigenvalue weighted by Crippen LogP contribution is 2.44. The van der Waals surface area contributed by atoms with Gasteiger partial charge in [-0.2, -0.15) is 0 Å². The number of aromatic amines is 1. The molecule has 8 nitrogen and oxygen atoms in total. The van der Waals surface area contributed by atoms with Gasteiger partial charge in [0, 0.05) is 36.7 Å². The summed E-state index contributed by atoms with van der Waals surface area (Å²) in [6, 6.07) is 17.3. The Bertz CT molecular complexity index is 1260. The number of alkyl carbamates (subject to hydrolysis) is 1. The average Bonchev–Trinajstić information content (AvgIpc) is 3.12. The van der Waals surface area contributed by atoms with Crippen molar-refractivity contribution in [3.63, 3.8) is 0 Å². The van der Waals surface area contributed by atoms with Crippen molar-refractivity contribution in [1.29, 1.82) is 0 Å². The number of rotatable bonds is 5. The van der Waals surface area contributed by atoms with E-state index in [4.69, 9.17) is 4.74 Å². The number of carbonyl (C=O) groups excluding carboxylic acids is 1. The first-order valence-corrected chi connectivity index (χ1v) is 9.99. The maximum atomic E-state index is 12.1. The molecule has 0 saturated heterocycles. The molecule has 0 unspecified atom stereocenters. The summed E-state index contributed by atoms with van der Waals surface area (Å²) in [5.74, 6) is 5.51. The van der Waals surface area contributed by atoms with Crippen LogP contribution >= 0.6 is 0 Å². The molecule has 32 heavy (non-hydrogen) atoms. The van der Waals surface area contributed by atoms with Crippen LogP contribution < -0.4 is 10.9 Å². The number of ether oxygens (including phenoxy) is 1. The van der Waals surface area contributed by atoms with Gasteiger partial charge in [-0.15, -0.1) is 0 Å². The number of H-pyrrole nitrogens is 1. The second-order valence-electron chi connectivity index (χ2n) is 7.16. The number of carbonyl (C=O) groups is 1. The van der Waals surface area contributed by atoms with Crippen molar-refractivity contribution in [2.24, 2.45) is 0 Å². The van der Waals surface area contributed by atoms with Gasteiger partial charge in [0.05, 0.1) is 4.92 Å². The van der Waals surface area contributed by atoms with Gasteiger partial charge in [-0.05, 0) is 22.3 Å². The number of hydrogen-bond acceptors (Lipinski definition) is 5. The maximum Gasteiger partial charge on any atom is 0.407 e. The van der Waals surface area contributed by atoms with Gasteiger partial charge in [-0.25, -0.2) is 4.79 Å². The molecule has 1 aliphatic rings. The van der Waals surface area contributed by atoms with E-state index in [1.54, 1.807) is 0 Å². The van der Waals surface area contributed by atoms with E-state index < -0.39 is 22.3 Å². The Morgan fingerprint density at radius 3 is 2.44 bits per heavy atom. The van der Waals surface area contributed by atoms with Crippen molar-refractivity contribution in [2.75, 3.05) is 13.2 Å². The van der Waals surface area contributed by atoms with Crippen molar-refractivity contribution >= 4 is 11.8 Å². The SMILES string of the molecule is O=C(NCCC#Cc1c[nH]c(=O)c([N+](=O)[O-])c1)OCC1c2ccccc2-c2ccccc21. The van der Waals surface area contributed by atoms with Gasteiger partial charge in [-0.1, -0.05) is 60.4 Å². The van der Waals surface area contributed by atoms with Crippen LogP contribution in [0.5, 0.6) is 0 Å². The van der Waals surface area contributed by atoms with E-state index in [9.17, 15) is 19.7 Å². The first-order valence-electron chi connectivity index (χ1n) is 9.99. The van der Waals surface area contributed by atoms with Crippen LogP contribution in [0.15, 0.2) is 65.6 Å². The average molecular weight is 429 g/mol. The smallest absolute Gasteiger partial charge is 0.407 e. The normalized spacial score (nSPS) is 11.6. The van der Waals surface area contributed by atoms with E-state index in [-0.39, 0.29) is 19.1 Å². The molecule has 2 N–H and O–H groups in total. The van der Waals surface area contributed by atoms with Crippen molar-refractivity contribution in [3.05, 3.63) is 98.0 Å². The Hall–Kier alpha value is -4.38. The van der Waals surface area contributed by atoms with E-state index in [1.165, 1.54) is 6.20 Å². The molecule has 1 aliphatic carbocycles. The number of fused-ring (bicyclic) bond motifs is 3. The van der Waals surface area contributed by atoms with Crippen LogP contribution in [-0.4, -0.2) is 29.2 Å².